The van der Waals surface area contributed by atoms with E-state index in [4.69, 9.17) is 0 Å². The molecule has 14 heavy (non-hydrogen) atoms. The summed E-state index contributed by atoms with van der Waals surface area (Å²) in [6.45, 7) is 9.86. The third-order valence-electron chi connectivity index (χ3n) is 0.287. The molecule has 0 bridgehead atoms. The molecule has 90 valence electrons. The van der Waals surface area contributed by atoms with Gasteiger partial charge < -0.3 is 9.47 Å². The van der Waals surface area contributed by atoms with Crippen molar-refractivity contribution in [3.05, 3.63) is 0 Å². The van der Waals surface area contributed by atoms with Crippen LogP contribution in [0.25, 0.3) is 0 Å². The van der Waals surface area contributed by atoms with Gasteiger partial charge in [0.05, 0.1) is 7.11 Å². The highest BCUT2D eigenvalue weighted by Gasteiger charge is 1.75. The molecule has 0 spiro atoms. The average Bonchev–Trinajstić information content (AvgIpc) is 2.08. The summed E-state index contributed by atoms with van der Waals surface area (Å²) in [6, 6.07) is 0. The maximum Gasteiger partial charge on any atom is 0.302 e. The predicted molar refractivity (Wildman–Crippen MR) is 62.6 cm³/mol. The van der Waals surface area contributed by atoms with Crippen LogP contribution in [0.4, 0.5) is 0 Å². The molecule has 0 saturated carbocycles. The molecule has 0 aromatic heterocycles. The smallest absolute Gasteiger partial charge is 0.302 e. The molecular weight excluding hydrogens is 180 g/mol. The van der Waals surface area contributed by atoms with E-state index < -0.39 is 0 Å². The van der Waals surface area contributed by atoms with E-state index in [0.29, 0.717) is 0 Å². The van der Waals surface area contributed by atoms with Gasteiger partial charge in [0.25, 0.3) is 0 Å². The van der Waals surface area contributed by atoms with Gasteiger partial charge in [0.1, 0.15) is 0 Å². The average molecular weight is 208 g/mol. The lowest BCUT2D eigenvalue weighted by atomic mass is 10.6. The van der Waals surface area contributed by atoms with Crippen LogP contribution >= 0.6 is 0 Å². The molecule has 0 saturated heterocycles. The molecule has 0 heterocycles. The molecule has 0 fully saturated rings. The van der Waals surface area contributed by atoms with Crippen LogP contribution in [0.5, 0.6) is 0 Å². The topological polar surface area (TPSA) is 35.5 Å². The van der Waals surface area contributed by atoms with Crippen LogP contribution in [0.3, 0.4) is 0 Å². The van der Waals surface area contributed by atoms with Gasteiger partial charge in [-0.25, -0.2) is 0 Å². The highest BCUT2D eigenvalue weighted by atomic mass is 16.5. The van der Waals surface area contributed by atoms with Crippen LogP contribution in [0.15, 0.2) is 0 Å². The van der Waals surface area contributed by atoms with Crippen molar-refractivity contribution < 1.29 is 14.3 Å². The van der Waals surface area contributed by atoms with Gasteiger partial charge in [-0.3, -0.25) is 4.79 Å². The second-order valence-electron chi connectivity index (χ2n) is 2.52. The van der Waals surface area contributed by atoms with Gasteiger partial charge in [-0.1, -0.05) is 40.5 Å². The molecule has 0 aliphatic carbocycles. The van der Waals surface area contributed by atoms with Crippen molar-refractivity contribution >= 4 is 5.97 Å². The summed E-state index contributed by atoms with van der Waals surface area (Å²) in [5.74, 6) is -0.245. The SMILES string of the molecule is CCC.CCC.COC.COC(C)=O. The second-order valence-corrected chi connectivity index (χ2v) is 2.52. The number of hydrogen-bond acceptors (Lipinski definition) is 3. The fourth-order valence-corrected chi connectivity index (χ4v) is 0. The zero-order chi connectivity index (χ0) is 12.4. The summed E-state index contributed by atoms with van der Waals surface area (Å²) < 4.78 is 8.36. The molecule has 0 aliphatic heterocycles. The number of hydrogen-bond donors (Lipinski definition) is 0. The Morgan fingerprint density at radius 2 is 1.00 bits per heavy atom. The van der Waals surface area contributed by atoms with E-state index in [0.717, 1.165) is 0 Å². The quantitative estimate of drug-likeness (QED) is 0.573. The van der Waals surface area contributed by atoms with Crippen LogP contribution < -0.4 is 0 Å². The predicted octanol–water partition coefficient (Wildman–Crippen LogP) is 3.27. The summed E-state index contributed by atoms with van der Waals surface area (Å²) >= 11 is 0. The lowest BCUT2D eigenvalue weighted by Gasteiger charge is -1.80. The molecular formula is C11H28O3. The fourth-order valence-electron chi connectivity index (χ4n) is 0. The molecule has 0 rings (SSSR count). The molecule has 0 unspecified atom stereocenters. The van der Waals surface area contributed by atoms with Gasteiger partial charge in [0, 0.05) is 21.1 Å². The Morgan fingerprint density at radius 3 is 1.00 bits per heavy atom. The molecule has 0 aromatic carbocycles. The molecule has 0 atom stereocenters. The number of esters is 1. The van der Waals surface area contributed by atoms with Crippen LogP contribution in [-0.4, -0.2) is 27.3 Å². The van der Waals surface area contributed by atoms with Gasteiger partial charge in [0.2, 0.25) is 0 Å². The van der Waals surface area contributed by atoms with Crippen LogP contribution in [0.2, 0.25) is 0 Å². The van der Waals surface area contributed by atoms with Crippen LogP contribution in [0.1, 0.15) is 47.5 Å². The summed E-state index contributed by atoms with van der Waals surface area (Å²) in [4.78, 5) is 9.59. The van der Waals surface area contributed by atoms with Crippen molar-refractivity contribution in [1.82, 2.24) is 0 Å². The molecule has 0 N–H and O–H groups in total. The first-order valence-electron chi connectivity index (χ1n) is 4.96. The third kappa shape index (κ3) is 608. The van der Waals surface area contributed by atoms with Gasteiger partial charge in [-0.2, -0.15) is 0 Å². The Hall–Kier alpha value is -0.570. The molecule has 3 heteroatoms. The molecule has 0 radical (unpaired) electrons. The van der Waals surface area contributed by atoms with Crippen molar-refractivity contribution in [2.45, 2.75) is 47.5 Å². The van der Waals surface area contributed by atoms with Crippen molar-refractivity contribution in [2.24, 2.45) is 0 Å². The van der Waals surface area contributed by atoms with E-state index in [1.165, 1.54) is 26.9 Å². The van der Waals surface area contributed by atoms with E-state index in [-0.39, 0.29) is 5.97 Å². The second kappa shape index (κ2) is 39.3. The van der Waals surface area contributed by atoms with Crippen molar-refractivity contribution in [3.63, 3.8) is 0 Å². The van der Waals surface area contributed by atoms with Gasteiger partial charge >= 0.3 is 5.97 Å². The zero-order valence-electron chi connectivity index (χ0n) is 11.1. The molecule has 3 nitrogen and oxygen atoms in total. The first kappa shape index (κ1) is 23.3. The molecule has 0 amide bonds. The van der Waals surface area contributed by atoms with E-state index in [9.17, 15) is 4.79 Å². The zero-order valence-corrected chi connectivity index (χ0v) is 11.1. The van der Waals surface area contributed by atoms with Crippen LogP contribution in [0, 0.1) is 0 Å². The van der Waals surface area contributed by atoms with Crippen molar-refractivity contribution in [3.8, 4) is 0 Å². The number of methoxy groups -OCH3 is 2. The van der Waals surface area contributed by atoms with E-state index in [2.05, 4.69) is 37.2 Å². The van der Waals surface area contributed by atoms with Gasteiger partial charge in [-0.15, -0.1) is 0 Å². The Kier molecular flexibility index (Phi) is 65.5. The Balaban J connectivity index is -0.0000000495. The maximum atomic E-state index is 9.59. The van der Waals surface area contributed by atoms with Crippen molar-refractivity contribution in [1.29, 1.82) is 0 Å². The maximum absolute atomic E-state index is 9.59. The Labute approximate surface area is 89.8 Å². The summed E-state index contributed by atoms with van der Waals surface area (Å²) in [5.41, 5.74) is 0. The molecule has 0 aromatic rings. The van der Waals surface area contributed by atoms with Crippen molar-refractivity contribution in [2.75, 3.05) is 21.3 Å². The van der Waals surface area contributed by atoms with Crippen LogP contribution in [-0.2, 0) is 14.3 Å². The minimum Gasteiger partial charge on any atom is -0.469 e. The lowest BCUT2D eigenvalue weighted by molar-refractivity contribution is -0.137. The van der Waals surface area contributed by atoms with E-state index in [1.54, 1.807) is 14.2 Å². The third-order valence-corrected chi connectivity index (χ3v) is 0.287. The van der Waals surface area contributed by atoms with Gasteiger partial charge in [0.15, 0.2) is 0 Å². The largest absolute Gasteiger partial charge is 0.469 e. The molecule has 0 aliphatic rings. The number of rotatable bonds is 0. The minimum absolute atomic E-state index is 0.245. The number of ether oxygens (including phenoxy) is 2. The van der Waals surface area contributed by atoms with E-state index in [1.807, 2.05) is 0 Å². The summed E-state index contributed by atoms with van der Waals surface area (Å²) in [6.07, 6.45) is 2.50. The Morgan fingerprint density at radius 1 is 0.929 bits per heavy atom. The fraction of sp³-hybridized carbons (Fsp3) is 0.909. The first-order valence-corrected chi connectivity index (χ1v) is 4.96. The standard InChI is InChI=1S/C3H6O2.2C3H8.C2H6O/c1-3(4)5-2;3*1-3-2/h1-2H3;2*3H2,1-2H3;1-2H3. The lowest BCUT2D eigenvalue weighted by Crippen LogP contribution is -1.88. The number of carbonyl (C=O) groups excluding carboxylic acids is 1. The summed E-state index contributed by atoms with van der Waals surface area (Å²) in [5, 5.41) is 0. The monoisotopic (exact) mass is 208 g/mol. The summed E-state index contributed by atoms with van der Waals surface area (Å²) in [7, 11) is 4.60. The minimum atomic E-state index is -0.245. The first-order chi connectivity index (χ1) is 6.51. The highest BCUT2D eigenvalue weighted by molar-refractivity contribution is 5.65. The number of carbonyl (C=O) groups is 1. The Bertz CT molecular complexity index is 68.2. The van der Waals surface area contributed by atoms with Gasteiger partial charge in [-0.05, 0) is 0 Å². The highest BCUT2D eigenvalue weighted by Crippen LogP contribution is 1.60. The van der Waals surface area contributed by atoms with E-state index >= 15 is 0 Å². The normalized spacial score (nSPS) is 6.29.